The zero-order valence-electron chi connectivity index (χ0n) is 14.9. The van der Waals surface area contributed by atoms with Crippen molar-refractivity contribution in [2.75, 3.05) is 33.9 Å². The van der Waals surface area contributed by atoms with E-state index in [1.165, 1.54) is 11.0 Å². The number of rotatable bonds is 8. The average Bonchev–Trinajstić information content (AvgIpc) is 2.63. The van der Waals surface area contributed by atoms with Crippen LogP contribution in [0.25, 0.3) is 6.08 Å². The molecular formula is C18H21N3O5. The molecule has 1 rings (SSSR count). The predicted octanol–water partition coefficient (Wildman–Crippen LogP) is 0.740. The molecule has 0 unspecified atom stereocenters. The molecule has 8 nitrogen and oxygen atoms in total. The van der Waals surface area contributed by atoms with Gasteiger partial charge in [-0.15, -0.1) is 0 Å². The van der Waals surface area contributed by atoms with Crippen LogP contribution in [0.5, 0.6) is 5.75 Å². The quantitative estimate of drug-likeness (QED) is 0.417. The van der Waals surface area contributed by atoms with Crippen LogP contribution in [0, 0.1) is 11.3 Å². The summed E-state index contributed by atoms with van der Waals surface area (Å²) in [5.41, 5.74) is 0.370. The van der Waals surface area contributed by atoms with Gasteiger partial charge >= 0.3 is 5.97 Å². The van der Waals surface area contributed by atoms with Gasteiger partial charge in [-0.2, -0.15) is 5.26 Å². The molecule has 0 bridgehead atoms. The monoisotopic (exact) mass is 359 g/mol. The zero-order valence-corrected chi connectivity index (χ0v) is 14.9. The van der Waals surface area contributed by atoms with Gasteiger partial charge in [0.25, 0.3) is 5.91 Å². The van der Waals surface area contributed by atoms with E-state index in [9.17, 15) is 14.4 Å². The van der Waals surface area contributed by atoms with Gasteiger partial charge in [-0.25, -0.2) is 4.79 Å². The molecule has 26 heavy (non-hydrogen) atoms. The van der Waals surface area contributed by atoms with E-state index in [1.54, 1.807) is 44.4 Å². The maximum atomic E-state index is 11.9. The van der Waals surface area contributed by atoms with Gasteiger partial charge in [0.05, 0.1) is 13.2 Å². The molecule has 0 aliphatic heterocycles. The Bertz CT molecular complexity index is 717. The Morgan fingerprint density at radius 1 is 1.23 bits per heavy atom. The molecule has 0 spiro atoms. The number of nitriles is 1. The largest absolute Gasteiger partial charge is 0.494 e. The number of nitrogens with zero attached hydrogens (tertiary/aromatic N) is 2. The second kappa shape index (κ2) is 10.5. The number of nitrogens with one attached hydrogen (secondary N) is 1. The Balaban J connectivity index is 2.59. The number of hydrogen-bond donors (Lipinski definition) is 1. The molecule has 138 valence electrons. The van der Waals surface area contributed by atoms with Crippen LogP contribution in [0.4, 0.5) is 0 Å². The number of carbonyl (C=O) groups is 3. The summed E-state index contributed by atoms with van der Waals surface area (Å²) in [5, 5.41) is 11.4. The second-order valence-corrected chi connectivity index (χ2v) is 5.31. The highest BCUT2D eigenvalue weighted by Crippen LogP contribution is 2.14. The molecule has 8 heteroatoms. The van der Waals surface area contributed by atoms with Crippen molar-refractivity contribution in [3.05, 3.63) is 35.4 Å². The van der Waals surface area contributed by atoms with Crippen LogP contribution in [-0.2, 0) is 19.1 Å². The van der Waals surface area contributed by atoms with Gasteiger partial charge in [0.15, 0.2) is 6.61 Å². The van der Waals surface area contributed by atoms with Gasteiger partial charge in [-0.1, -0.05) is 12.1 Å². The minimum absolute atomic E-state index is 0.198. The van der Waals surface area contributed by atoms with Crippen molar-refractivity contribution < 1.29 is 23.9 Å². The van der Waals surface area contributed by atoms with Crippen molar-refractivity contribution in [3.8, 4) is 11.8 Å². The number of hydrogen-bond acceptors (Lipinski definition) is 6. The Morgan fingerprint density at radius 3 is 2.42 bits per heavy atom. The van der Waals surface area contributed by atoms with E-state index in [4.69, 9.17) is 14.7 Å². The Morgan fingerprint density at radius 2 is 1.88 bits per heavy atom. The summed E-state index contributed by atoms with van der Waals surface area (Å²) >= 11 is 0. The van der Waals surface area contributed by atoms with Crippen LogP contribution in [0.1, 0.15) is 12.5 Å². The lowest BCUT2D eigenvalue weighted by Gasteiger charge is -2.11. The molecule has 1 aromatic carbocycles. The highest BCUT2D eigenvalue weighted by atomic mass is 16.5. The summed E-state index contributed by atoms with van der Waals surface area (Å²) in [4.78, 5) is 36.1. The molecule has 0 radical (unpaired) electrons. The molecular weight excluding hydrogens is 338 g/mol. The summed E-state index contributed by atoms with van der Waals surface area (Å²) in [6.45, 7) is 1.62. The van der Waals surface area contributed by atoms with E-state index in [1.807, 2.05) is 6.92 Å². The van der Waals surface area contributed by atoms with E-state index in [2.05, 4.69) is 5.32 Å². The number of carbonyl (C=O) groups excluding carboxylic acids is 3. The minimum atomic E-state index is -0.921. The van der Waals surface area contributed by atoms with Crippen LogP contribution in [-0.4, -0.2) is 56.5 Å². The summed E-state index contributed by atoms with van der Waals surface area (Å²) < 4.78 is 10.1. The third-order valence-electron chi connectivity index (χ3n) is 3.11. The smallest absolute Gasteiger partial charge is 0.349 e. The first kappa shape index (κ1) is 20.7. The number of esters is 1. The molecule has 1 aromatic rings. The first-order valence-corrected chi connectivity index (χ1v) is 7.86. The average molecular weight is 359 g/mol. The van der Waals surface area contributed by atoms with Gasteiger partial charge in [0.2, 0.25) is 5.91 Å². The lowest BCUT2D eigenvalue weighted by atomic mass is 10.1. The first-order valence-electron chi connectivity index (χ1n) is 7.86. The lowest BCUT2D eigenvalue weighted by Crippen LogP contribution is -2.38. The SMILES string of the molecule is CCOc1ccc(/C=C(\C#N)C(=O)OCC(=O)NCC(=O)N(C)C)cc1. The summed E-state index contributed by atoms with van der Waals surface area (Å²) in [6, 6.07) is 8.55. The predicted molar refractivity (Wildman–Crippen MR) is 93.9 cm³/mol. The summed E-state index contributed by atoms with van der Waals surface area (Å²) in [6.07, 6.45) is 1.35. The number of ether oxygens (including phenoxy) is 2. The third-order valence-corrected chi connectivity index (χ3v) is 3.11. The molecule has 0 heterocycles. The summed E-state index contributed by atoms with van der Waals surface area (Å²) in [7, 11) is 3.11. The Labute approximate surface area is 152 Å². The molecule has 0 atom stereocenters. The fraction of sp³-hybridized carbons (Fsp3) is 0.333. The number of likely N-dealkylation sites (N-methyl/N-ethyl adjacent to an activating group) is 1. The van der Waals surface area contributed by atoms with E-state index in [-0.39, 0.29) is 18.0 Å². The molecule has 0 saturated heterocycles. The zero-order chi connectivity index (χ0) is 19.5. The van der Waals surface area contributed by atoms with Crippen molar-refractivity contribution in [2.45, 2.75) is 6.92 Å². The fourth-order valence-electron chi connectivity index (χ4n) is 1.72. The highest BCUT2D eigenvalue weighted by Gasteiger charge is 2.14. The van der Waals surface area contributed by atoms with E-state index in [0.29, 0.717) is 17.9 Å². The van der Waals surface area contributed by atoms with E-state index >= 15 is 0 Å². The summed E-state index contributed by atoms with van der Waals surface area (Å²) in [5.74, 6) is -1.17. The van der Waals surface area contributed by atoms with Gasteiger partial charge in [0.1, 0.15) is 17.4 Å². The number of benzene rings is 1. The minimum Gasteiger partial charge on any atom is -0.494 e. The van der Waals surface area contributed by atoms with E-state index in [0.717, 1.165) is 0 Å². The lowest BCUT2D eigenvalue weighted by molar-refractivity contribution is -0.144. The molecule has 0 aromatic heterocycles. The molecule has 0 aliphatic rings. The van der Waals surface area contributed by atoms with Crippen LogP contribution in [0.15, 0.2) is 29.8 Å². The number of amides is 2. The van der Waals surface area contributed by atoms with Crippen molar-refractivity contribution >= 4 is 23.9 Å². The van der Waals surface area contributed by atoms with Crippen LogP contribution in [0.2, 0.25) is 0 Å². The van der Waals surface area contributed by atoms with E-state index < -0.39 is 18.5 Å². The van der Waals surface area contributed by atoms with Crippen LogP contribution >= 0.6 is 0 Å². The maximum Gasteiger partial charge on any atom is 0.349 e. The van der Waals surface area contributed by atoms with Gasteiger partial charge in [0, 0.05) is 14.1 Å². The van der Waals surface area contributed by atoms with Crippen LogP contribution < -0.4 is 10.1 Å². The standard InChI is InChI=1S/C18H21N3O5/c1-4-25-15-7-5-13(6-8-15)9-14(10-19)18(24)26-12-16(22)20-11-17(23)21(2)3/h5-9H,4,11-12H2,1-3H3,(H,20,22)/b14-9+. The normalized spacial score (nSPS) is 10.5. The molecule has 1 N–H and O–H groups in total. The van der Waals surface area contributed by atoms with Crippen LogP contribution in [0.3, 0.4) is 0 Å². The van der Waals surface area contributed by atoms with Gasteiger partial charge < -0.3 is 19.7 Å². The molecule has 0 saturated carbocycles. The molecule has 0 aliphatic carbocycles. The van der Waals surface area contributed by atoms with Crippen molar-refractivity contribution in [2.24, 2.45) is 0 Å². The molecule has 0 fully saturated rings. The van der Waals surface area contributed by atoms with Crippen molar-refractivity contribution in [1.82, 2.24) is 10.2 Å². The first-order chi connectivity index (χ1) is 12.4. The Hall–Kier alpha value is -3.34. The highest BCUT2D eigenvalue weighted by molar-refractivity contribution is 5.99. The van der Waals surface area contributed by atoms with Crippen molar-refractivity contribution in [3.63, 3.8) is 0 Å². The van der Waals surface area contributed by atoms with Crippen molar-refractivity contribution in [1.29, 1.82) is 5.26 Å². The van der Waals surface area contributed by atoms with Gasteiger partial charge in [-0.3, -0.25) is 9.59 Å². The maximum absolute atomic E-state index is 11.9. The van der Waals surface area contributed by atoms with Gasteiger partial charge in [-0.05, 0) is 30.7 Å². The topological polar surface area (TPSA) is 109 Å². The third kappa shape index (κ3) is 7.05. The Kier molecular flexibility index (Phi) is 8.37. The second-order valence-electron chi connectivity index (χ2n) is 5.31. The molecule has 2 amide bonds. The fourth-order valence-corrected chi connectivity index (χ4v) is 1.72.